The molecule has 102 valence electrons. The number of para-hydroxylation sites is 1. The molecule has 0 saturated carbocycles. The summed E-state index contributed by atoms with van der Waals surface area (Å²) >= 11 is 0. The van der Waals surface area contributed by atoms with Gasteiger partial charge in [-0.15, -0.1) is 0 Å². The normalized spacial score (nSPS) is 10.4. The molecule has 0 fully saturated rings. The first-order valence-corrected chi connectivity index (χ1v) is 6.41. The highest BCUT2D eigenvalue weighted by atomic mass is 16.5. The van der Waals surface area contributed by atoms with Crippen molar-refractivity contribution in [3.05, 3.63) is 78.4 Å². The Hall–Kier alpha value is -2.55. The number of ether oxygens (including phenoxy) is 2. The van der Waals surface area contributed by atoms with Crippen LogP contribution in [-0.4, -0.2) is 19.2 Å². The smallest absolute Gasteiger partial charge is 0.338 e. The van der Waals surface area contributed by atoms with Crippen molar-refractivity contribution in [1.29, 1.82) is 0 Å². The van der Waals surface area contributed by atoms with Crippen molar-refractivity contribution in [1.82, 2.24) is 0 Å². The molecule has 3 nitrogen and oxygen atoms in total. The van der Waals surface area contributed by atoms with Crippen molar-refractivity contribution in [2.45, 2.75) is 0 Å². The third kappa shape index (κ3) is 4.61. The van der Waals surface area contributed by atoms with Gasteiger partial charge in [-0.1, -0.05) is 36.4 Å². The van der Waals surface area contributed by atoms with Crippen molar-refractivity contribution >= 4 is 5.97 Å². The summed E-state index contributed by atoms with van der Waals surface area (Å²) in [5.41, 5.74) is 0.557. The van der Waals surface area contributed by atoms with Crippen LogP contribution in [-0.2, 0) is 4.74 Å². The van der Waals surface area contributed by atoms with Gasteiger partial charge in [0.1, 0.15) is 19.0 Å². The zero-order valence-corrected chi connectivity index (χ0v) is 11.1. The molecule has 0 spiro atoms. The summed E-state index contributed by atoms with van der Waals surface area (Å²) in [6.07, 6.45) is 3.59. The quantitative estimate of drug-likeness (QED) is 0.594. The van der Waals surface area contributed by atoms with Crippen LogP contribution in [0.4, 0.5) is 0 Å². The Kier molecular flexibility index (Phi) is 5.40. The lowest BCUT2D eigenvalue weighted by molar-refractivity contribution is 0.0549. The van der Waals surface area contributed by atoms with Gasteiger partial charge in [-0.05, 0) is 36.4 Å². The van der Waals surface area contributed by atoms with E-state index in [1.165, 1.54) is 0 Å². The van der Waals surface area contributed by atoms with Crippen molar-refractivity contribution in [3.8, 4) is 5.75 Å². The number of esters is 1. The molecule has 0 atom stereocenters. The topological polar surface area (TPSA) is 35.5 Å². The van der Waals surface area contributed by atoms with E-state index in [-0.39, 0.29) is 12.6 Å². The third-order valence-corrected chi connectivity index (χ3v) is 2.58. The van der Waals surface area contributed by atoms with Crippen LogP contribution in [0, 0.1) is 0 Å². The fourth-order valence-corrected chi connectivity index (χ4v) is 1.58. The number of hydrogen-bond donors (Lipinski definition) is 0. The standard InChI is InChI=1S/C17H16O3/c18-17(15-9-3-1-4-10-15)20-14-8-7-13-19-16-11-5-2-6-12-16/h1-12H,13-14H2/b8-7+. The predicted molar refractivity (Wildman–Crippen MR) is 77.8 cm³/mol. The molecular weight excluding hydrogens is 252 g/mol. The van der Waals surface area contributed by atoms with Crippen LogP contribution < -0.4 is 4.74 Å². The van der Waals surface area contributed by atoms with Gasteiger partial charge in [-0.2, -0.15) is 0 Å². The molecule has 2 aromatic rings. The molecule has 0 saturated heterocycles. The summed E-state index contributed by atoms with van der Waals surface area (Å²) in [6, 6.07) is 18.5. The third-order valence-electron chi connectivity index (χ3n) is 2.58. The average Bonchev–Trinajstić information content (AvgIpc) is 2.52. The molecule has 0 radical (unpaired) electrons. The maximum atomic E-state index is 11.6. The second kappa shape index (κ2) is 7.79. The molecule has 0 bridgehead atoms. The molecular formula is C17H16O3. The monoisotopic (exact) mass is 268 g/mol. The van der Waals surface area contributed by atoms with E-state index in [4.69, 9.17) is 9.47 Å². The summed E-state index contributed by atoms with van der Waals surface area (Å²) in [5.74, 6) is 0.498. The summed E-state index contributed by atoms with van der Waals surface area (Å²) in [4.78, 5) is 11.6. The molecule has 0 heterocycles. The van der Waals surface area contributed by atoms with Crippen LogP contribution >= 0.6 is 0 Å². The van der Waals surface area contributed by atoms with Crippen LogP contribution in [0.3, 0.4) is 0 Å². The Morgan fingerprint density at radius 2 is 1.45 bits per heavy atom. The molecule has 0 amide bonds. The van der Waals surface area contributed by atoms with Crippen molar-refractivity contribution in [3.63, 3.8) is 0 Å². The number of rotatable bonds is 6. The molecule has 2 aromatic carbocycles. The molecule has 0 unspecified atom stereocenters. The van der Waals surface area contributed by atoms with Gasteiger partial charge in [0.2, 0.25) is 0 Å². The number of carbonyl (C=O) groups excluding carboxylic acids is 1. The van der Waals surface area contributed by atoms with Crippen molar-refractivity contribution < 1.29 is 14.3 Å². The molecule has 0 aromatic heterocycles. The van der Waals surface area contributed by atoms with Crippen LogP contribution in [0.5, 0.6) is 5.75 Å². The lowest BCUT2D eigenvalue weighted by Crippen LogP contribution is -2.04. The van der Waals surface area contributed by atoms with Crippen LogP contribution in [0.15, 0.2) is 72.8 Å². The van der Waals surface area contributed by atoms with Crippen molar-refractivity contribution in [2.75, 3.05) is 13.2 Å². The van der Waals surface area contributed by atoms with Gasteiger partial charge in [0.15, 0.2) is 0 Å². The highest BCUT2D eigenvalue weighted by Crippen LogP contribution is 2.07. The Morgan fingerprint density at radius 1 is 0.850 bits per heavy atom. The minimum atomic E-state index is -0.320. The fourth-order valence-electron chi connectivity index (χ4n) is 1.58. The Balaban J connectivity index is 1.66. The Bertz CT molecular complexity index is 547. The van der Waals surface area contributed by atoms with Gasteiger partial charge in [0.25, 0.3) is 0 Å². The zero-order valence-electron chi connectivity index (χ0n) is 11.1. The Labute approximate surface area is 118 Å². The summed E-state index contributed by atoms with van der Waals surface area (Å²) in [5, 5.41) is 0. The van der Waals surface area contributed by atoms with E-state index < -0.39 is 0 Å². The Morgan fingerprint density at radius 3 is 2.15 bits per heavy atom. The first-order chi connectivity index (χ1) is 9.86. The molecule has 3 heteroatoms. The molecule has 2 rings (SSSR count). The maximum Gasteiger partial charge on any atom is 0.338 e. The molecule has 0 aliphatic heterocycles. The maximum absolute atomic E-state index is 11.6. The number of benzene rings is 2. The summed E-state index contributed by atoms with van der Waals surface area (Å²) < 4.78 is 10.6. The molecule has 0 N–H and O–H groups in total. The highest BCUT2D eigenvalue weighted by molar-refractivity contribution is 5.89. The lowest BCUT2D eigenvalue weighted by Gasteiger charge is -2.02. The minimum absolute atomic E-state index is 0.242. The van der Waals surface area contributed by atoms with Crippen LogP contribution in [0.25, 0.3) is 0 Å². The first-order valence-electron chi connectivity index (χ1n) is 6.41. The second-order valence-corrected chi connectivity index (χ2v) is 4.06. The van der Waals surface area contributed by atoms with Gasteiger partial charge < -0.3 is 9.47 Å². The van der Waals surface area contributed by atoms with E-state index in [0.717, 1.165) is 5.75 Å². The zero-order chi connectivity index (χ0) is 14.0. The number of carbonyl (C=O) groups is 1. The van der Waals surface area contributed by atoms with Gasteiger partial charge in [0.05, 0.1) is 5.56 Å². The van der Waals surface area contributed by atoms with Crippen LogP contribution in [0.1, 0.15) is 10.4 Å². The number of hydrogen-bond acceptors (Lipinski definition) is 3. The lowest BCUT2D eigenvalue weighted by atomic mass is 10.2. The predicted octanol–water partition coefficient (Wildman–Crippen LogP) is 3.48. The molecule has 0 aliphatic carbocycles. The summed E-state index contributed by atoms with van der Waals surface area (Å²) in [7, 11) is 0. The highest BCUT2D eigenvalue weighted by Gasteiger charge is 2.03. The molecule has 0 aliphatic rings. The molecule has 20 heavy (non-hydrogen) atoms. The van der Waals surface area contributed by atoms with E-state index in [1.54, 1.807) is 30.3 Å². The summed E-state index contributed by atoms with van der Waals surface area (Å²) in [6.45, 7) is 0.693. The van der Waals surface area contributed by atoms with Gasteiger partial charge in [-0.3, -0.25) is 0 Å². The second-order valence-electron chi connectivity index (χ2n) is 4.06. The van der Waals surface area contributed by atoms with Gasteiger partial charge in [-0.25, -0.2) is 4.79 Å². The fraction of sp³-hybridized carbons (Fsp3) is 0.118. The SMILES string of the molecule is O=C(OC/C=C/COc1ccccc1)c1ccccc1. The van der Waals surface area contributed by atoms with E-state index in [0.29, 0.717) is 12.2 Å². The minimum Gasteiger partial charge on any atom is -0.490 e. The van der Waals surface area contributed by atoms with Gasteiger partial charge in [0, 0.05) is 0 Å². The average molecular weight is 268 g/mol. The van der Waals surface area contributed by atoms with E-state index in [1.807, 2.05) is 42.5 Å². The largest absolute Gasteiger partial charge is 0.490 e. The first kappa shape index (κ1) is 13.9. The van der Waals surface area contributed by atoms with E-state index >= 15 is 0 Å². The van der Waals surface area contributed by atoms with Crippen LogP contribution in [0.2, 0.25) is 0 Å². The van der Waals surface area contributed by atoms with Gasteiger partial charge >= 0.3 is 5.97 Å². The van der Waals surface area contributed by atoms with Crippen molar-refractivity contribution in [2.24, 2.45) is 0 Å². The van der Waals surface area contributed by atoms with E-state index in [9.17, 15) is 4.79 Å². The van der Waals surface area contributed by atoms with E-state index in [2.05, 4.69) is 0 Å².